The molecule has 0 saturated heterocycles. The minimum Gasteiger partial charge on any atom is -0.296 e. The third-order valence-electron chi connectivity index (χ3n) is 5.00. The van der Waals surface area contributed by atoms with Crippen LogP contribution in [0, 0.1) is 0 Å². The van der Waals surface area contributed by atoms with Crippen molar-refractivity contribution in [1.82, 2.24) is 15.1 Å². The monoisotopic (exact) mass is 420 g/mol. The number of imide groups is 1. The number of benzene rings is 2. The number of aryl methyl sites for hydroxylation is 1. The maximum absolute atomic E-state index is 13.0. The van der Waals surface area contributed by atoms with E-state index in [4.69, 9.17) is 0 Å². The number of hydrogen-bond donors (Lipinski definition) is 1. The Morgan fingerprint density at radius 1 is 1.07 bits per heavy atom. The predicted octanol–water partition coefficient (Wildman–Crippen LogP) is 4.10. The Labute approximate surface area is 177 Å². The number of amides is 3. The average Bonchev–Trinajstić information content (AvgIpc) is 3.30. The van der Waals surface area contributed by atoms with Crippen molar-refractivity contribution in [2.75, 3.05) is 5.32 Å². The zero-order chi connectivity index (χ0) is 21.3. The van der Waals surface area contributed by atoms with Gasteiger partial charge in [0, 0.05) is 12.0 Å². The summed E-state index contributed by atoms with van der Waals surface area (Å²) in [4.78, 5) is 39.7. The summed E-state index contributed by atoms with van der Waals surface area (Å²) in [6.45, 7) is 3.86. The predicted molar refractivity (Wildman–Crippen MR) is 114 cm³/mol. The van der Waals surface area contributed by atoms with Gasteiger partial charge < -0.3 is 0 Å². The van der Waals surface area contributed by atoms with Crippen molar-refractivity contribution in [1.29, 1.82) is 0 Å². The first-order valence-electron chi connectivity index (χ1n) is 9.70. The number of carbonyl (C=O) groups excluding carboxylic acids is 3. The largest absolute Gasteiger partial charge is 0.296 e. The molecule has 3 aromatic rings. The molecule has 2 aromatic carbocycles. The van der Waals surface area contributed by atoms with Crippen molar-refractivity contribution in [3.8, 4) is 0 Å². The Hall–Kier alpha value is -3.39. The fraction of sp³-hybridized carbons (Fsp3) is 0.227. The summed E-state index contributed by atoms with van der Waals surface area (Å²) in [5, 5.41) is 12.0. The van der Waals surface area contributed by atoms with E-state index in [-0.39, 0.29) is 17.0 Å². The number of hydrogen-bond acceptors (Lipinski definition) is 6. The molecule has 152 valence electrons. The van der Waals surface area contributed by atoms with Crippen LogP contribution in [0.25, 0.3) is 0 Å². The van der Waals surface area contributed by atoms with Gasteiger partial charge in [0.2, 0.25) is 5.13 Å². The number of carbonyl (C=O) groups is 3. The van der Waals surface area contributed by atoms with Gasteiger partial charge in [-0.3, -0.25) is 24.6 Å². The van der Waals surface area contributed by atoms with E-state index in [1.165, 1.54) is 28.4 Å². The number of fused-ring (bicyclic) bond motifs is 1. The number of nitrogens with zero attached hydrogens (tertiary/aromatic N) is 3. The molecule has 1 aromatic heterocycles. The van der Waals surface area contributed by atoms with E-state index in [0.29, 0.717) is 10.7 Å². The summed E-state index contributed by atoms with van der Waals surface area (Å²) in [5.74, 6) is -1.15. The van der Waals surface area contributed by atoms with E-state index in [1.54, 1.807) is 6.07 Å². The van der Waals surface area contributed by atoms with Crippen molar-refractivity contribution in [3.05, 3.63) is 75.8 Å². The lowest BCUT2D eigenvalue weighted by molar-refractivity contribution is 0.0595. The van der Waals surface area contributed by atoms with Crippen LogP contribution in [-0.2, 0) is 6.42 Å². The summed E-state index contributed by atoms with van der Waals surface area (Å²) in [6, 6.07) is 13.5. The zero-order valence-electron chi connectivity index (χ0n) is 16.6. The smallest absolute Gasteiger partial charge is 0.262 e. The standard InChI is InChI=1S/C22H20N4O3S/c1-3-7-18-24-25-22(30-18)23-19(27)15-10-11-16-17(12-15)21(29)26(20(16)28)13(2)14-8-5-4-6-9-14/h4-6,8-13H,3,7H2,1-2H3,(H,23,25,27). The minimum atomic E-state index is -0.408. The molecule has 3 amide bonds. The van der Waals surface area contributed by atoms with Crippen LogP contribution in [0.4, 0.5) is 5.13 Å². The molecule has 0 aliphatic carbocycles. The number of anilines is 1. The second kappa shape index (κ2) is 8.16. The van der Waals surface area contributed by atoms with E-state index in [2.05, 4.69) is 15.5 Å². The highest BCUT2D eigenvalue weighted by atomic mass is 32.1. The molecule has 0 spiro atoms. The summed E-state index contributed by atoms with van der Waals surface area (Å²) in [6.07, 6.45) is 1.75. The van der Waals surface area contributed by atoms with Crippen molar-refractivity contribution >= 4 is 34.2 Å². The van der Waals surface area contributed by atoms with E-state index in [1.807, 2.05) is 44.2 Å². The van der Waals surface area contributed by atoms with Crippen LogP contribution >= 0.6 is 11.3 Å². The molecule has 1 aliphatic heterocycles. The summed E-state index contributed by atoms with van der Waals surface area (Å²) < 4.78 is 0. The first-order chi connectivity index (χ1) is 14.5. The Bertz CT molecular complexity index is 1130. The molecule has 0 fully saturated rings. The van der Waals surface area contributed by atoms with Crippen LogP contribution < -0.4 is 5.32 Å². The van der Waals surface area contributed by atoms with Crippen molar-refractivity contribution in [2.24, 2.45) is 0 Å². The molecular formula is C22H20N4O3S. The molecule has 4 rings (SSSR count). The second-order valence-electron chi connectivity index (χ2n) is 7.03. The fourth-order valence-corrected chi connectivity index (χ4v) is 4.26. The molecule has 7 nitrogen and oxygen atoms in total. The highest BCUT2D eigenvalue weighted by Gasteiger charge is 2.39. The highest BCUT2D eigenvalue weighted by molar-refractivity contribution is 7.15. The molecule has 0 bridgehead atoms. The topological polar surface area (TPSA) is 92.3 Å². The summed E-state index contributed by atoms with van der Waals surface area (Å²) in [5.41, 5.74) is 1.69. The van der Waals surface area contributed by atoms with Gasteiger partial charge in [-0.15, -0.1) is 10.2 Å². The van der Waals surface area contributed by atoms with Gasteiger partial charge in [-0.2, -0.15) is 0 Å². The molecule has 30 heavy (non-hydrogen) atoms. The fourth-order valence-electron chi connectivity index (χ4n) is 3.42. The van der Waals surface area contributed by atoms with Crippen LogP contribution in [0.5, 0.6) is 0 Å². The maximum atomic E-state index is 13.0. The van der Waals surface area contributed by atoms with Crippen LogP contribution in [0.3, 0.4) is 0 Å². The number of rotatable bonds is 6. The SMILES string of the molecule is CCCc1nnc(NC(=O)c2ccc3c(c2)C(=O)N(C(C)c2ccccc2)C3=O)s1. The maximum Gasteiger partial charge on any atom is 0.262 e. The van der Waals surface area contributed by atoms with Gasteiger partial charge in [-0.1, -0.05) is 48.6 Å². The van der Waals surface area contributed by atoms with Crippen LogP contribution in [0.2, 0.25) is 0 Å². The molecule has 2 heterocycles. The van der Waals surface area contributed by atoms with E-state index in [9.17, 15) is 14.4 Å². The summed E-state index contributed by atoms with van der Waals surface area (Å²) >= 11 is 1.33. The third kappa shape index (κ3) is 3.61. The molecular weight excluding hydrogens is 400 g/mol. The lowest BCUT2D eigenvalue weighted by atomic mass is 10.1. The first-order valence-corrected chi connectivity index (χ1v) is 10.5. The van der Waals surface area contributed by atoms with Gasteiger partial charge >= 0.3 is 0 Å². The lowest BCUT2D eigenvalue weighted by Gasteiger charge is -2.22. The van der Waals surface area contributed by atoms with Crippen LogP contribution in [0.15, 0.2) is 48.5 Å². The third-order valence-corrected chi connectivity index (χ3v) is 5.90. The van der Waals surface area contributed by atoms with E-state index < -0.39 is 17.9 Å². The van der Waals surface area contributed by atoms with Gasteiger partial charge in [-0.25, -0.2) is 0 Å². The molecule has 1 unspecified atom stereocenters. The zero-order valence-corrected chi connectivity index (χ0v) is 17.4. The minimum absolute atomic E-state index is 0.236. The van der Waals surface area contributed by atoms with Crippen molar-refractivity contribution in [3.63, 3.8) is 0 Å². The molecule has 0 radical (unpaired) electrons. The molecule has 1 N–H and O–H groups in total. The van der Waals surface area contributed by atoms with Gasteiger partial charge in [-0.05, 0) is 37.1 Å². The van der Waals surface area contributed by atoms with E-state index >= 15 is 0 Å². The lowest BCUT2D eigenvalue weighted by Crippen LogP contribution is -2.32. The Morgan fingerprint density at radius 2 is 1.80 bits per heavy atom. The average molecular weight is 420 g/mol. The number of aromatic nitrogens is 2. The van der Waals surface area contributed by atoms with Gasteiger partial charge in [0.15, 0.2) is 0 Å². The number of nitrogens with one attached hydrogen (secondary N) is 1. The van der Waals surface area contributed by atoms with Gasteiger partial charge in [0.05, 0.1) is 17.2 Å². The molecule has 8 heteroatoms. The van der Waals surface area contributed by atoms with E-state index in [0.717, 1.165) is 23.4 Å². The molecule has 0 saturated carbocycles. The molecule has 1 aliphatic rings. The Morgan fingerprint density at radius 3 is 2.53 bits per heavy atom. The summed E-state index contributed by atoms with van der Waals surface area (Å²) in [7, 11) is 0. The normalized spacial score (nSPS) is 14.0. The molecule has 1 atom stereocenters. The van der Waals surface area contributed by atoms with Crippen LogP contribution in [-0.4, -0.2) is 32.8 Å². The van der Waals surface area contributed by atoms with Crippen molar-refractivity contribution in [2.45, 2.75) is 32.7 Å². The quantitative estimate of drug-likeness (QED) is 0.606. The Balaban J connectivity index is 1.56. The Kier molecular flexibility index (Phi) is 5.41. The van der Waals surface area contributed by atoms with Crippen LogP contribution in [0.1, 0.15) is 68.0 Å². The first kappa shape index (κ1) is 19.9. The second-order valence-corrected chi connectivity index (χ2v) is 8.09. The highest BCUT2D eigenvalue weighted by Crippen LogP contribution is 2.32. The van der Waals surface area contributed by atoms with Gasteiger partial charge in [0.25, 0.3) is 17.7 Å². The van der Waals surface area contributed by atoms with Gasteiger partial charge in [0.1, 0.15) is 5.01 Å². The van der Waals surface area contributed by atoms with Crippen molar-refractivity contribution < 1.29 is 14.4 Å².